The van der Waals surface area contributed by atoms with E-state index in [0.717, 1.165) is 16.6 Å². The first-order valence-corrected chi connectivity index (χ1v) is 9.18. The van der Waals surface area contributed by atoms with Crippen molar-refractivity contribution in [3.8, 4) is 17.1 Å². The van der Waals surface area contributed by atoms with Crippen LogP contribution in [0.4, 0.5) is 5.69 Å². The molecule has 0 spiro atoms. The van der Waals surface area contributed by atoms with Crippen molar-refractivity contribution in [1.29, 1.82) is 0 Å². The molecule has 1 amide bonds. The number of fused-ring (bicyclic) bond motifs is 1. The van der Waals surface area contributed by atoms with Crippen LogP contribution in [0.5, 0.6) is 5.75 Å². The third kappa shape index (κ3) is 4.16. The van der Waals surface area contributed by atoms with Gasteiger partial charge in [0.15, 0.2) is 12.4 Å². The molecule has 6 heteroatoms. The summed E-state index contributed by atoms with van der Waals surface area (Å²) >= 11 is 0. The molecule has 0 fully saturated rings. The second-order valence-electron chi connectivity index (χ2n) is 6.57. The van der Waals surface area contributed by atoms with Crippen LogP contribution in [0, 0.1) is 0 Å². The van der Waals surface area contributed by atoms with Crippen LogP contribution in [0.15, 0.2) is 72.8 Å². The molecule has 1 aromatic heterocycles. The van der Waals surface area contributed by atoms with Gasteiger partial charge in [-0.05, 0) is 55.5 Å². The molecule has 0 aliphatic rings. The predicted molar refractivity (Wildman–Crippen MR) is 112 cm³/mol. The molecule has 0 saturated heterocycles. The summed E-state index contributed by atoms with van der Waals surface area (Å²) in [6, 6.07) is 21.9. The van der Waals surface area contributed by atoms with Crippen molar-refractivity contribution in [1.82, 2.24) is 9.97 Å². The molecule has 2 N–H and O–H groups in total. The fourth-order valence-electron chi connectivity index (χ4n) is 3.00. The Hall–Kier alpha value is -3.93. The van der Waals surface area contributed by atoms with Gasteiger partial charge in [-0.2, -0.15) is 0 Å². The minimum absolute atomic E-state index is 0.0171. The number of H-pyrrole nitrogens is 1. The Morgan fingerprint density at radius 1 is 0.966 bits per heavy atom. The summed E-state index contributed by atoms with van der Waals surface area (Å²) in [5.74, 6) is 0.902. The van der Waals surface area contributed by atoms with Crippen LogP contribution in [-0.2, 0) is 4.79 Å². The van der Waals surface area contributed by atoms with Gasteiger partial charge < -0.3 is 15.0 Å². The first kappa shape index (κ1) is 18.4. The summed E-state index contributed by atoms with van der Waals surface area (Å²) in [5, 5.41) is 2.88. The van der Waals surface area contributed by atoms with Crippen LogP contribution in [0.3, 0.4) is 0 Å². The highest BCUT2D eigenvalue weighted by atomic mass is 16.5. The van der Waals surface area contributed by atoms with Gasteiger partial charge in [-0.1, -0.05) is 24.3 Å². The highest BCUT2D eigenvalue weighted by molar-refractivity contribution is 5.96. The zero-order chi connectivity index (χ0) is 20.2. The number of hydrogen-bond acceptors (Lipinski definition) is 4. The van der Waals surface area contributed by atoms with Crippen LogP contribution in [0.2, 0.25) is 0 Å². The Morgan fingerprint density at radius 2 is 1.69 bits per heavy atom. The quantitative estimate of drug-likeness (QED) is 0.480. The lowest BCUT2D eigenvalue weighted by Crippen LogP contribution is -2.20. The summed E-state index contributed by atoms with van der Waals surface area (Å²) in [6.45, 7) is 1.36. The number of ketones is 1. The number of para-hydroxylation sites is 3. The maximum absolute atomic E-state index is 12.4. The number of nitrogens with zero attached hydrogens (tertiary/aromatic N) is 1. The van der Waals surface area contributed by atoms with Gasteiger partial charge in [0.25, 0.3) is 5.91 Å². The van der Waals surface area contributed by atoms with Crippen molar-refractivity contribution < 1.29 is 14.3 Å². The first-order valence-electron chi connectivity index (χ1n) is 9.18. The van der Waals surface area contributed by atoms with Crippen molar-refractivity contribution in [2.75, 3.05) is 11.9 Å². The van der Waals surface area contributed by atoms with Crippen molar-refractivity contribution >= 4 is 28.4 Å². The Morgan fingerprint density at radius 3 is 2.45 bits per heavy atom. The van der Waals surface area contributed by atoms with E-state index in [1.54, 1.807) is 24.3 Å². The smallest absolute Gasteiger partial charge is 0.262 e. The number of ether oxygens (including phenoxy) is 1. The Balaban J connectivity index is 1.46. The molecule has 0 atom stereocenters. The molecule has 0 bridgehead atoms. The van der Waals surface area contributed by atoms with E-state index in [0.29, 0.717) is 22.8 Å². The highest BCUT2D eigenvalue weighted by Gasteiger charge is 2.12. The summed E-state index contributed by atoms with van der Waals surface area (Å²) in [7, 11) is 0. The van der Waals surface area contributed by atoms with Crippen molar-refractivity contribution in [2.24, 2.45) is 0 Å². The Labute approximate surface area is 167 Å². The average molecular weight is 385 g/mol. The molecule has 6 nitrogen and oxygen atoms in total. The number of carbonyl (C=O) groups excluding carboxylic acids is 2. The third-order valence-corrected chi connectivity index (χ3v) is 4.48. The molecule has 144 valence electrons. The van der Waals surface area contributed by atoms with E-state index in [1.807, 2.05) is 48.5 Å². The highest BCUT2D eigenvalue weighted by Crippen LogP contribution is 2.27. The molecule has 4 rings (SSSR count). The molecule has 0 radical (unpaired) electrons. The largest absolute Gasteiger partial charge is 0.484 e. The number of Topliss-reactive ketones (excluding diaryl/α,β-unsaturated/α-hetero) is 1. The number of carbonyl (C=O) groups is 2. The molecule has 29 heavy (non-hydrogen) atoms. The van der Waals surface area contributed by atoms with Crippen LogP contribution in [0.1, 0.15) is 17.3 Å². The summed E-state index contributed by atoms with van der Waals surface area (Å²) in [5.41, 5.74) is 3.83. The number of amides is 1. The number of anilines is 1. The van der Waals surface area contributed by atoms with Gasteiger partial charge in [0.1, 0.15) is 11.6 Å². The fraction of sp³-hybridized carbons (Fsp3) is 0.0870. The van der Waals surface area contributed by atoms with Gasteiger partial charge in [0.2, 0.25) is 0 Å². The normalized spacial score (nSPS) is 10.7. The molecule has 0 aliphatic carbocycles. The maximum Gasteiger partial charge on any atom is 0.262 e. The minimum Gasteiger partial charge on any atom is -0.484 e. The van der Waals surface area contributed by atoms with E-state index in [9.17, 15) is 9.59 Å². The van der Waals surface area contributed by atoms with Gasteiger partial charge in [0.05, 0.1) is 16.7 Å². The van der Waals surface area contributed by atoms with Crippen molar-refractivity contribution in [3.05, 3.63) is 78.4 Å². The fourth-order valence-corrected chi connectivity index (χ4v) is 3.00. The number of imidazole rings is 1. The number of hydrogen-bond donors (Lipinski definition) is 2. The van der Waals surface area contributed by atoms with Crippen LogP contribution in [0.25, 0.3) is 22.4 Å². The van der Waals surface area contributed by atoms with E-state index in [1.165, 1.54) is 6.92 Å². The standard InChI is InChI=1S/C23H19N3O3/c1-15(27)16-10-12-17(13-11-16)29-14-22(28)24-19-7-3-2-6-18(19)23-25-20-8-4-5-9-21(20)26-23/h2-13H,14H2,1H3,(H,24,28)(H,25,26). The van der Waals surface area contributed by atoms with E-state index in [4.69, 9.17) is 4.74 Å². The second-order valence-corrected chi connectivity index (χ2v) is 6.57. The van der Waals surface area contributed by atoms with Gasteiger partial charge in [-0.25, -0.2) is 4.98 Å². The van der Waals surface area contributed by atoms with Crippen molar-refractivity contribution in [2.45, 2.75) is 6.92 Å². The molecule has 1 heterocycles. The number of benzene rings is 3. The lowest BCUT2D eigenvalue weighted by molar-refractivity contribution is -0.118. The molecule has 4 aromatic rings. The Bertz CT molecular complexity index is 1150. The number of nitrogens with one attached hydrogen (secondary N) is 2. The van der Waals surface area contributed by atoms with E-state index < -0.39 is 0 Å². The number of aromatic amines is 1. The molecule has 0 aliphatic heterocycles. The van der Waals surface area contributed by atoms with Gasteiger partial charge in [0, 0.05) is 11.1 Å². The predicted octanol–water partition coefficient (Wildman–Crippen LogP) is 4.45. The van der Waals surface area contributed by atoms with E-state index in [-0.39, 0.29) is 18.3 Å². The molecular formula is C23H19N3O3. The summed E-state index contributed by atoms with van der Waals surface area (Å²) in [4.78, 5) is 31.6. The van der Waals surface area contributed by atoms with E-state index in [2.05, 4.69) is 15.3 Å². The molecular weight excluding hydrogens is 366 g/mol. The Kier molecular flexibility index (Phi) is 5.07. The third-order valence-electron chi connectivity index (χ3n) is 4.48. The lowest BCUT2D eigenvalue weighted by atomic mass is 10.1. The first-order chi connectivity index (χ1) is 14.1. The number of aromatic nitrogens is 2. The van der Waals surface area contributed by atoms with Crippen LogP contribution >= 0.6 is 0 Å². The maximum atomic E-state index is 12.4. The van der Waals surface area contributed by atoms with Crippen LogP contribution in [-0.4, -0.2) is 28.3 Å². The lowest BCUT2D eigenvalue weighted by Gasteiger charge is -2.10. The summed E-state index contributed by atoms with van der Waals surface area (Å²) in [6.07, 6.45) is 0. The second kappa shape index (κ2) is 7.98. The van der Waals surface area contributed by atoms with Gasteiger partial charge >= 0.3 is 0 Å². The van der Waals surface area contributed by atoms with Gasteiger partial charge in [-0.15, -0.1) is 0 Å². The topological polar surface area (TPSA) is 84.1 Å². The van der Waals surface area contributed by atoms with Crippen LogP contribution < -0.4 is 10.1 Å². The minimum atomic E-state index is -0.288. The summed E-state index contributed by atoms with van der Waals surface area (Å²) < 4.78 is 5.52. The monoisotopic (exact) mass is 385 g/mol. The van der Waals surface area contributed by atoms with Crippen molar-refractivity contribution in [3.63, 3.8) is 0 Å². The zero-order valence-electron chi connectivity index (χ0n) is 15.8. The average Bonchev–Trinajstić information content (AvgIpc) is 3.17. The van der Waals surface area contributed by atoms with E-state index >= 15 is 0 Å². The molecule has 0 saturated carbocycles. The molecule has 3 aromatic carbocycles. The zero-order valence-corrected chi connectivity index (χ0v) is 15.8. The molecule has 0 unspecified atom stereocenters. The van der Waals surface area contributed by atoms with Gasteiger partial charge in [-0.3, -0.25) is 9.59 Å². The SMILES string of the molecule is CC(=O)c1ccc(OCC(=O)Nc2ccccc2-c2nc3ccccc3[nH]2)cc1. The number of rotatable bonds is 6.